The highest BCUT2D eigenvalue weighted by atomic mass is 32.1. The van der Waals surface area contributed by atoms with Crippen molar-refractivity contribution in [3.05, 3.63) is 84.2 Å². The van der Waals surface area contributed by atoms with Crippen LogP contribution in [0.15, 0.2) is 67.1 Å². The van der Waals surface area contributed by atoms with E-state index in [-0.39, 0.29) is 30.2 Å². The Kier molecular flexibility index (Phi) is 6.58. The topological polar surface area (TPSA) is 62.2 Å². The standard InChI is InChI=1S/C26H28FN5OS/c27-19-8-10-20(11-9-19)29-23(33)13-16-32-25(18-12-15-31(17-18)21-5-1-2-6-21)24(30-26(32)34)22-7-3-4-14-28-22/h3-4,7-12,14-15,17,21,24-25H,1-2,5-6,13,16H2,(H,29,33)(H,30,34)/t24-,25+/m0/s1. The Labute approximate surface area is 204 Å². The Hall–Kier alpha value is -3.26. The second kappa shape index (κ2) is 9.93. The van der Waals surface area contributed by atoms with E-state index in [2.05, 4.69) is 43.5 Å². The van der Waals surface area contributed by atoms with Gasteiger partial charge in [0.25, 0.3) is 0 Å². The van der Waals surface area contributed by atoms with Gasteiger partial charge < -0.3 is 20.1 Å². The molecule has 3 heterocycles. The largest absolute Gasteiger partial charge is 0.352 e. The van der Waals surface area contributed by atoms with Crippen LogP contribution in [0.2, 0.25) is 0 Å². The van der Waals surface area contributed by atoms with Gasteiger partial charge in [-0.3, -0.25) is 9.78 Å². The summed E-state index contributed by atoms with van der Waals surface area (Å²) in [6.45, 7) is 0.460. The lowest BCUT2D eigenvalue weighted by atomic mass is 9.99. The maximum atomic E-state index is 13.2. The second-order valence-electron chi connectivity index (χ2n) is 8.96. The molecule has 0 spiro atoms. The molecule has 0 unspecified atom stereocenters. The van der Waals surface area contributed by atoms with Gasteiger partial charge in [-0.25, -0.2) is 4.39 Å². The smallest absolute Gasteiger partial charge is 0.226 e. The van der Waals surface area contributed by atoms with E-state index in [1.54, 1.807) is 18.3 Å². The maximum absolute atomic E-state index is 13.2. The zero-order chi connectivity index (χ0) is 23.5. The van der Waals surface area contributed by atoms with Gasteiger partial charge in [0.1, 0.15) is 5.82 Å². The van der Waals surface area contributed by atoms with Crippen molar-refractivity contribution >= 4 is 28.9 Å². The molecule has 2 atom stereocenters. The van der Waals surface area contributed by atoms with Crippen LogP contribution >= 0.6 is 12.2 Å². The molecule has 1 saturated heterocycles. The van der Waals surface area contributed by atoms with Crippen LogP contribution in [0.5, 0.6) is 0 Å². The molecular weight excluding hydrogens is 449 g/mol. The summed E-state index contributed by atoms with van der Waals surface area (Å²) in [6, 6.07) is 14.2. The highest BCUT2D eigenvalue weighted by molar-refractivity contribution is 7.80. The summed E-state index contributed by atoms with van der Waals surface area (Å²) >= 11 is 5.71. The molecule has 1 amide bonds. The van der Waals surface area contributed by atoms with Gasteiger partial charge in [0.05, 0.1) is 17.8 Å². The fourth-order valence-electron chi connectivity index (χ4n) is 5.02. The highest BCUT2D eigenvalue weighted by Crippen LogP contribution is 2.40. The van der Waals surface area contributed by atoms with Crippen molar-refractivity contribution in [1.82, 2.24) is 19.8 Å². The van der Waals surface area contributed by atoms with Crippen LogP contribution < -0.4 is 10.6 Å². The van der Waals surface area contributed by atoms with Crippen LogP contribution in [-0.2, 0) is 4.79 Å². The second-order valence-corrected chi connectivity index (χ2v) is 9.34. The van der Waals surface area contributed by atoms with Gasteiger partial charge in [-0.1, -0.05) is 18.9 Å². The van der Waals surface area contributed by atoms with E-state index < -0.39 is 0 Å². The van der Waals surface area contributed by atoms with Crippen molar-refractivity contribution in [3.63, 3.8) is 0 Å². The molecule has 2 fully saturated rings. The first kappa shape index (κ1) is 22.5. The number of amides is 1. The summed E-state index contributed by atoms with van der Waals surface area (Å²) in [5.41, 5.74) is 2.65. The number of hydrogen-bond donors (Lipinski definition) is 2. The van der Waals surface area contributed by atoms with E-state index >= 15 is 0 Å². The third-order valence-electron chi connectivity index (χ3n) is 6.73. The van der Waals surface area contributed by atoms with Gasteiger partial charge >= 0.3 is 0 Å². The summed E-state index contributed by atoms with van der Waals surface area (Å²) in [7, 11) is 0. The van der Waals surface area contributed by atoms with Gasteiger partial charge in [-0.05, 0) is 73.1 Å². The molecule has 2 aliphatic rings. The maximum Gasteiger partial charge on any atom is 0.226 e. The van der Waals surface area contributed by atoms with Crippen molar-refractivity contribution < 1.29 is 9.18 Å². The minimum Gasteiger partial charge on any atom is -0.352 e. The summed E-state index contributed by atoms with van der Waals surface area (Å²) < 4.78 is 15.5. The van der Waals surface area contributed by atoms with Crippen molar-refractivity contribution in [3.8, 4) is 0 Å². The van der Waals surface area contributed by atoms with Crippen LogP contribution in [0.4, 0.5) is 10.1 Å². The molecule has 0 bridgehead atoms. The lowest BCUT2D eigenvalue weighted by molar-refractivity contribution is -0.116. The van der Waals surface area contributed by atoms with Crippen LogP contribution in [-0.4, -0.2) is 32.0 Å². The molecular formula is C26H28FN5OS. The molecule has 176 valence electrons. The Balaban J connectivity index is 1.35. The highest BCUT2D eigenvalue weighted by Gasteiger charge is 2.40. The van der Waals surface area contributed by atoms with Gasteiger partial charge in [-0.15, -0.1) is 0 Å². The van der Waals surface area contributed by atoms with Crippen molar-refractivity contribution in [2.75, 3.05) is 11.9 Å². The number of nitrogens with one attached hydrogen (secondary N) is 2. The first-order valence-electron chi connectivity index (χ1n) is 11.8. The third-order valence-corrected chi connectivity index (χ3v) is 7.08. The molecule has 3 aromatic rings. The third kappa shape index (κ3) is 4.82. The summed E-state index contributed by atoms with van der Waals surface area (Å²) in [6.07, 6.45) is 11.4. The van der Waals surface area contributed by atoms with Crippen LogP contribution in [0.3, 0.4) is 0 Å². The summed E-state index contributed by atoms with van der Waals surface area (Å²) in [4.78, 5) is 19.3. The van der Waals surface area contributed by atoms with E-state index in [0.717, 1.165) is 11.3 Å². The molecule has 5 rings (SSSR count). The Bertz CT molecular complexity index is 1140. The number of thiocarbonyl (C=S) groups is 1. The number of halogens is 1. The minimum atomic E-state index is -0.334. The Morgan fingerprint density at radius 1 is 1.15 bits per heavy atom. The quantitative estimate of drug-likeness (QED) is 0.462. The average molecular weight is 478 g/mol. The number of hydrogen-bond acceptors (Lipinski definition) is 3. The number of anilines is 1. The van der Waals surface area contributed by atoms with E-state index in [1.165, 1.54) is 37.8 Å². The van der Waals surface area contributed by atoms with Gasteiger partial charge in [0.2, 0.25) is 5.91 Å². The Morgan fingerprint density at radius 2 is 1.94 bits per heavy atom. The molecule has 1 aliphatic carbocycles. The number of rotatable bonds is 7. The Morgan fingerprint density at radius 3 is 2.68 bits per heavy atom. The molecule has 1 saturated carbocycles. The van der Waals surface area contributed by atoms with Gasteiger partial charge in [0.15, 0.2) is 5.11 Å². The number of pyridine rings is 1. The molecule has 2 aromatic heterocycles. The zero-order valence-electron chi connectivity index (χ0n) is 18.9. The molecule has 2 N–H and O–H groups in total. The first-order chi connectivity index (χ1) is 16.6. The molecule has 8 heteroatoms. The molecule has 1 aliphatic heterocycles. The fraction of sp³-hybridized carbons (Fsp3) is 0.346. The van der Waals surface area contributed by atoms with Crippen molar-refractivity contribution in [2.24, 2.45) is 0 Å². The number of carbonyl (C=O) groups excluding carboxylic acids is 1. The van der Waals surface area contributed by atoms with Crippen LogP contribution in [0.1, 0.15) is 61.5 Å². The van der Waals surface area contributed by atoms with Crippen molar-refractivity contribution in [2.45, 2.75) is 50.2 Å². The van der Waals surface area contributed by atoms with E-state index in [0.29, 0.717) is 23.4 Å². The monoisotopic (exact) mass is 477 g/mol. The first-order valence-corrected chi connectivity index (χ1v) is 12.2. The summed E-state index contributed by atoms with van der Waals surface area (Å²) in [5, 5.41) is 6.89. The van der Waals surface area contributed by atoms with Gasteiger partial charge in [-0.2, -0.15) is 0 Å². The number of benzene rings is 1. The molecule has 6 nitrogen and oxygen atoms in total. The zero-order valence-corrected chi connectivity index (χ0v) is 19.7. The summed E-state index contributed by atoms with van der Waals surface area (Å²) in [5.74, 6) is -0.475. The van der Waals surface area contributed by atoms with Crippen LogP contribution in [0.25, 0.3) is 0 Å². The van der Waals surface area contributed by atoms with E-state index in [1.807, 2.05) is 18.2 Å². The predicted octanol–water partition coefficient (Wildman–Crippen LogP) is 5.14. The molecule has 0 radical (unpaired) electrons. The van der Waals surface area contributed by atoms with Gasteiger partial charge in [0, 0.05) is 43.3 Å². The van der Waals surface area contributed by atoms with E-state index in [9.17, 15) is 9.18 Å². The lowest BCUT2D eigenvalue weighted by Gasteiger charge is -2.27. The number of carbonyl (C=O) groups is 1. The SMILES string of the molecule is O=C(CCN1C(=S)N[C@@H](c2ccccn2)[C@H]1c1ccn(C2CCCC2)c1)Nc1ccc(F)cc1. The predicted molar refractivity (Wildman–Crippen MR) is 134 cm³/mol. The van der Waals surface area contributed by atoms with E-state index in [4.69, 9.17) is 12.2 Å². The van der Waals surface area contributed by atoms with Crippen LogP contribution in [0, 0.1) is 5.82 Å². The normalized spacial score (nSPS) is 20.5. The minimum absolute atomic E-state index is 0.0660. The van der Waals surface area contributed by atoms with Crippen molar-refractivity contribution in [1.29, 1.82) is 0 Å². The number of nitrogens with zero attached hydrogens (tertiary/aromatic N) is 3. The number of aromatic nitrogens is 2. The molecule has 1 aromatic carbocycles. The molecule has 34 heavy (non-hydrogen) atoms. The average Bonchev–Trinajstić information content (AvgIpc) is 3.60. The lowest BCUT2D eigenvalue weighted by Crippen LogP contribution is -2.32. The fourth-order valence-corrected chi connectivity index (χ4v) is 5.36.